The minimum atomic E-state index is -3.91. The maximum absolute atomic E-state index is 12.4. The number of benzene rings is 2. The van der Waals surface area contributed by atoms with Crippen LogP contribution in [0.25, 0.3) is 0 Å². The van der Waals surface area contributed by atoms with E-state index in [0.717, 1.165) is 0 Å². The molecule has 2 rings (SSSR count). The smallest absolute Gasteiger partial charge is 0.263 e. The van der Waals surface area contributed by atoms with Gasteiger partial charge in [-0.1, -0.05) is 34.8 Å². The first kappa shape index (κ1) is 16.2. The molecule has 0 aliphatic carbocycles. The molecule has 0 aromatic heterocycles. The maximum Gasteiger partial charge on any atom is 0.263 e. The third kappa shape index (κ3) is 3.55. The van der Waals surface area contributed by atoms with Crippen molar-refractivity contribution in [2.75, 3.05) is 10.5 Å². The summed E-state index contributed by atoms with van der Waals surface area (Å²) in [5, 5.41) is 0.669. The van der Waals surface area contributed by atoms with Crippen molar-refractivity contribution in [1.82, 2.24) is 0 Å². The highest BCUT2D eigenvalue weighted by Gasteiger charge is 2.20. The van der Waals surface area contributed by atoms with E-state index in [-0.39, 0.29) is 20.6 Å². The molecule has 0 bridgehead atoms. The predicted octanol–water partition coefficient (Wildman–Crippen LogP) is 4.34. The van der Waals surface area contributed by atoms with Crippen LogP contribution in [0.2, 0.25) is 15.1 Å². The molecule has 0 spiro atoms. The molecule has 0 saturated heterocycles. The Bertz CT molecular complexity index is 807. The normalized spacial score (nSPS) is 11.4. The fourth-order valence-electron chi connectivity index (χ4n) is 1.65. The first-order chi connectivity index (χ1) is 9.70. The Morgan fingerprint density at radius 3 is 2.33 bits per heavy atom. The van der Waals surface area contributed by atoms with E-state index >= 15 is 0 Å². The quantitative estimate of drug-likeness (QED) is 0.795. The third-order valence-corrected chi connectivity index (χ3v) is 5.16. The summed E-state index contributed by atoms with van der Waals surface area (Å²) >= 11 is 17.7. The van der Waals surface area contributed by atoms with Crippen molar-refractivity contribution in [2.24, 2.45) is 0 Å². The molecule has 0 saturated carbocycles. The lowest BCUT2D eigenvalue weighted by Crippen LogP contribution is -2.14. The lowest BCUT2D eigenvalue weighted by molar-refractivity contribution is 0.601. The number of nitrogen functional groups attached to an aromatic ring is 1. The minimum absolute atomic E-state index is 0.0827. The van der Waals surface area contributed by atoms with Gasteiger partial charge in [-0.05, 0) is 42.8 Å². The van der Waals surface area contributed by atoms with Gasteiger partial charge in [0.2, 0.25) is 0 Å². The van der Waals surface area contributed by atoms with Crippen LogP contribution in [0.1, 0.15) is 5.56 Å². The van der Waals surface area contributed by atoms with Gasteiger partial charge in [-0.3, -0.25) is 4.72 Å². The van der Waals surface area contributed by atoms with Crippen LogP contribution in [-0.4, -0.2) is 8.42 Å². The molecule has 0 radical (unpaired) electrons. The summed E-state index contributed by atoms with van der Waals surface area (Å²) in [6.45, 7) is 1.74. The molecule has 0 unspecified atom stereocenters. The second-order valence-corrected chi connectivity index (χ2v) is 7.27. The molecular weight excluding hydrogens is 355 g/mol. The molecule has 0 heterocycles. The molecule has 0 aliphatic heterocycles. The molecule has 0 atom stereocenters. The topological polar surface area (TPSA) is 72.2 Å². The number of hydrogen-bond acceptors (Lipinski definition) is 3. The SMILES string of the molecule is Cc1cc(Cl)c(S(=O)(=O)Nc2ccc(Cl)cc2Cl)cc1N. The highest BCUT2D eigenvalue weighted by Crippen LogP contribution is 2.31. The zero-order chi connectivity index (χ0) is 15.8. The Balaban J connectivity index is 2.46. The Kier molecular flexibility index (Phi) is 4.58. The zero-order valence-electron chi connectivity index (χ0n) is 10.8. The number of nitrogens with two attached hydrogens (primary N) is 1. The Hall–Kier alpha value is -1.14. The fourth-order valence-corrected chi connectivity index (χ4v) is 3.86. The highest BCUT2D eigenvalue weighted by atomic mass is 35.5. The summed E-state index contributed by atoms with van der Waals surface area (Å²) in [5.41, 5.74) is 6.97. The second-order valence-electron chi connectivity index (χ2n) is 4.37. The Labute approximate surface area is 137 Å². The summed E-state index contributed by atoms with van der Waals surface area (Å²) < 4.78 is 27.1. The average Bonchev–Trinajstić information content (AvgIpc) is 2.37. The van der Waals surface area contributed by atoms with Crippen LogP contribution < -0.4 is 10.5 Å². The molecule has 0 amide bonds. The lowest BCUT2D eigenvalue weighted by Gasteiger charge is -2.12. The molecule has 4 nitrogen and oxygen atoms in total. The van der Waals surface area contributed by atoms with Crippen molar-refractivity contribution in [3.05, 3.63) is 51.0 Å². The number of anilines is 2. The molecule has 3 N–H and O–H groups in total. The van der Waals surface area contributed by atoms with Gasteiger partial charge in [-0.2, -0.15) is 0 Å². The number of sulfonamides is 1. The van der Waals surface area contributed by atoms with Gasteiger partial charge in [0.05, 0.1) is 15.7 Å². The van der Waals surface area contributed by atoms with E-state index in [2.05, 4.69) is 4.72 Å². The summed E-state index contributed by atoms with van der Waals surface area (Å²) in [7, 11) is -3.91. The summed E-state index contributed by atoms with van der Waals surface area (Å²) in [5.74, 6) is 0. The summed E-state index contributed by atoms with van der Waals surface area (Å²) in [6, 6.07) is 7.23. The van der Waals surface area contributed by atoms with Crippen LogP contribution in [0.15, 0.2) is 35.2 Å². The summed E-state index contributed by atoms with van der Waals surface area (Å²) in [6.07, 6.45) is 0. The first-order valence-electron chi connectivity index (χ1n) is 5.74. The van der Waals surface area contributed by atoms with Crippen molar-refractivity contribution in [1.29, 1.82) is 0 Å². The van der Waals surface area contributed by atoms with Crippen LogP contribution in [0, 0.1) is 6.92 Å². The van der Waals surface area contributed by atoms with Crippen molar-refractivity contribution in [3.63, 3.8) is 0 Å². The highest BCUT2D eigenvalue weighted by molar-refractivity contribution is 7.92. The first-order valence-corrected chi connectivity index (χ1v) is 8.36. The second kappa shape index (κ2) is 5.93. The van der Waals surface area contributed by atoms with Gasteiger partial charge < -0.3 is 5.73 Å². The van der Waals surface area contributed by atoms with Crippen LogP contribution in [-0.2, 0) is 10.0 Å². The molecule has 2 aromatic rings. The summed E-state index contributed by atoms with van der Waals surface area (Å²) in [4.78, 5) is -0.113. The van der Waals surface area contributed by atoms with Crippen molar-refractivity contribution < 1.29 is 8.42 Å². The van der Waals surface area contributed by atoms with E-state index in [1.54, 1.807) is 6.92 Å². The number of rotatable bonds is 3. The Morgan fingerprint density at radius 1 is 1.05 bits per heavy atom. The van der Waals surface area contributed by atoms with Crippen molar-refractivity contribution in [3.8, 4) is 0 Å². The van der Waals surface area contributed by atoms with Crippen LogP contribution >= 0.6 is 34.8 Å². The van der Waals surface area contributed by atoms with Crippen LogP contribution in [0.5, 0.6) is 0 Å². The standard InChI is InChI=1S/C13H11Cl3N2O2S/c1-7-4-10(16)13(6-11(7)17)21(19,20)18-12-3-2-8(14)5-9(12)15/h2-6,18H,17H2,1H3. The maximum atomic E-state index is 12.4. The fraction of sp³-hybridized carbons (Fsp3) is 0.0769. The molecule has 21 heavy (non-hydrogen) atoms. The molecule has 112 valence electrons. The van der Waals surface area contributed by atoms with Gasteiger partial charge in [-0.25, -0.2) is 8.42 Å². The number of halogens is 3. The molecule has 0 aliphatic rings. The van der Waals surface area contributed by atoms with E-state index in [1.807, 2.05) is 0 Å². The number of nitrogens with one attached hydrogen (secondary N) is 1. The predicted molar refractivity (Wildman–Crippen MR) is 87.9 cm³/mol. The minimum Gasteiger partial charge on any atom is -0.398 e. The van der Waals surface area contributed by atoms with Crippen molar-refractivity contribution >= 4 is 56.2 Å². The molecule has 8 heteroatoms. The van der Waals surface area contributed by atoms with Crippen LogP contribution in [0.3, 0.4) is 0 Å². The van der Waals surface area contributed by atoms with Gasteiger partial charge in [0, 0.05) is 10.7 Å². The van der Waals surface area contributed by atoms with Gasteiger partial charge in [0.1, 0.15) is 4.90 Å². The van der Waals surface area contributed by atoms with E-state index < -0.39 is 10.0 Å². The van der Waals surface area contributed by atoms with E-state index in [9.17, 15) is 8.42 Å². The number of hydrogen-bond donors (Lipinski definition) is 2. The zero-order valence-corrected chi connectivity index (χ0v) is 13.9. The van der Waals surface area contributed by atoms with E-state index in [1.165, 1.54) is 30.3 Å². The largest absolute Gasteiger partial charge is 0.398 e. The molecule has 2 aromatic carbocycles. The molecule has 0 fully saturated rings. The van der Waals surface area contributed by atoms with Gasteiger partial charge in [0.15, 0.2) is 0 Å². The van der Waals surface area contributed by atoms with E-state index in [4.69, 9.17) is 40.5 Å². The van der Waals surface area contributed by atoms with Gasteiger partial charge >= 0.3 is 0 Å². The Morgan fingerprint density at radius 2 is 1.71 bits per heavy atom. The third-order valence-electron chi connectivity index (χ3n) is 2.79. The molecular formula is C13H11Cl3N2O2S. The average molecular weight is 366 g/mol. The van der Waals surface area contributed by atoms with Gasteiger partial charge in [0.25, 0.3) is 10.0 Å². The van der Waals surface area contributed by atoms with Gasteiger partial charge in [-0.15, -0.1) is 0 Å². The van der Waals surface area contributed by atoms with Crippen molar-refractivity contribution in [2.45, 2.75) is 11.8 Å². The monoisotopic (exact) mass is 364 g/mol. The van der Waals surface area contributed by atoms with E-state index in [0.29, 0.717) is 16.3 Å². The number of aryl methyl sites for hydroxylation is 1. The van der Waals surface area contributed by atoms with Crippen LogP contribution in [0.4, 0.5) is 11.4 Å². The lowest BCUT2D eigenvalue weighted by atomic mass is 10.2.